The number of fused-ring (bicyclic) bond motifs is 1. The Hall–Kier alpha value is -3.43. The highest BCUT2D eigenvalue weighted by atomic mass is 32.1. The molecule has 0 bridgehead atoms. The molecule has 0 N–H and O–H groups in total. The van der Waals surface area contributed by atoms with E-state index in [1.807, 2.05) is 36.6 Å². The SMILES string of the molecule is COc1ccc(C#N)cc1Cn1cnc2scc(-c3ccc(C)cc3)c2c1=O. The fourth-order valence-corrected chi connectivity index (χ4v) is 4.09. The van der Waals surface area contributed by atoms with Crippen molar-refractivity contribution in [1.29, 1.82) is 5.26 Å². The summed E-state index contributed by atoms with van der Waals surface area (Å²) >= 11 is 1.46. The van der Waals surface area contributed by atoms with E-state index < -0.39 is 0 Å². The number of thiophene rings is 1. The van der Waals surface area contributed by atoms with E-state index in [4.69, 9.17) is 4.74 Å². The third kappa shape index (κ3) is 3.17. The lowest BCUT2D eigenvalue weighted by molar-refractivity contribution is 0.408. The summed E-state index contributed by atoms with van der Waals surface area (Å²) < 4.78 is 6.95. The van der Waals surface area contributed by atoms with Crippen molar-refractivity contribution in [3.05, 3.63) is 81.2 Å². The van der Waals surface area contributed by atoms with Crippen LogP contribution in [0.25, 0.3) is 21.3 Å². The quantitative estimate of drug-likeness (QED) is 0.522. The molecule has 0 aliphatic heterocycles. The smallest absolute Gasteiger partial charge is 0.263 e. The summed E-state index contributed by atoms with van der Waals surface area (Å²) in [5.41, 5.74) is 4.24. The molecule has 4 aromatic rings. The van der Waals surface area contributed by atoms with Crippen LogP contribution in [0.5, 0.6) is 5.75 Å². The van der Waals surface area contributed by atoms with Crippen LogP contribution in [-0.2, 0) is 6.54 Å². The number of nitriles is 1. The van der Waals surface area contributed by atoms with Crippen LogP contribution in [0.2, 0.25) is 0 Å². The van der Waals surface area contributed by atoms with Crippen LogP contribution in [0, 0.1) is 18.3 Å². The highest BCUT2D eigenvalue weighted by molar-refractivity contribution is 7.17. The van der Waals surface area contributed by atoms with Crippen molar-refractivity contribution in [3.8, 4) is 22.9 Å². The number of rotatable bonds is 4. The molecular formula is C22H17N3O2S. The molecule has 5 nitrogen and oxygen atoms in total. The molecule has 0 saturated carbocycles. The molecule has 0 aliphatic rings. The molecule has 0 fully saturated rings. The second-order valence-electron chi connectivity index (χ2n) is 6.51. The zero-order chi connectivity index (χ0) is 19.7. The Morgan fingerprint density at radius 1 is 1.21 bits per heavy atom. The molecule has 0 atom stereocenters. The molecule has 0 radical (unpaired) electrons. The molecule has 0 spiro atoms. The second kappa shape index (κ2) is 7.29. The van der Waals surface area contributed by atoms with Crippen LogP contribution < -0.4 is 10.3 Å². The van der Waals surface area contributed by atoms with Crippen LogP contribution in [0.3, 0.4) is 0 Å². The minimum atomic E-state index is -0.105. The number of nitrogens with zero attached hydrogens (tertiary/aromatic N) is 3. The lowest BCUT2D eigenvalue weighted by Gasteiger charge is -2.11. The number of benzene rings is 2. The molecular weight excluding hydrogens is 370 g/mol. The van der Waals surface area contributed by atoms with E-state index in [0.717, 1.165) is 21.5 Å². The van der Waals surface area contributed by atoms with E-state index in [1.165, 1.54) is 16.9 Å². The molecule has 28 heavy (non-hydrogen) atoms. The summed E-state index contributed by atoms with van der Waals surface area (Å²) in [6, 6.07) is 15.4. The summed E-state index contributed by atoms with van der Waals surface area (Å²) in [7, 11) is 1.57. The summed E-state index contributed by atoms with van der Waals surface area (Å²) in [6.07, 6.45) is 1.55. The Morgan fingerprint density at radius 3 is 2.71 bits per heavy atom. The standard InChI is InChI=1S/C22H17N3O2S/c1-14-3-6-16(7-4-14)18-12-28-21-20(18)22(26)25(13-24-21)11-17-9-15(10-23)5-8-19(17)27-2/h3-9,12-13H,11H2,1-2H3. The topological polar surface area (TPSA) is 67.9 Å². The monoisotopic (exact) mass is 387 g/mol. The Bertz CT molecular complexity index is 1260. The predicted molar refractivity (Wildman–Crippen MR) is 111 cm³/mol. The van der Waals surface area contributed by atoms with Crippen molar-refractivity contribution in [1.82, 2.24) is 9.55 Å². The summed E-state index contributed by atoms with van der Waals surface area (Å²) in [4.78, 5) is 18.4. The second-order valence-corrected chi connectivity index (χ2v) is 7.37. The lowest BCUT2D eigenvalue weighted by atomic mass is 10.0. The molecule has 2 aromatic carbocycles. The van der Waals surface area contributed by atoms with Crippen molar-refractivity contribution in [3.63, 3.8) is 0 Å². The van der Waals surface area contributed by atoms with Crippen LogP contribution in [0.15, 0.2) is 59.0 Å². The third-order valence-electron chi connectivity index (χ3n) is 4.67. The van der Waals surface area contributed by atoms with Crippen molar-refractivity contribution >= 4 is 21.6 Å². The third-order valence-corrected chi connectivity index (χ3v) is 5.56. The number of aromatic nitrogens is 2. The van der Waals surface area contributed by atoms with Crippen molar-refractivity contribution in [2.75, 3.05) is 7.11 Å². The van der Waals surface area contributed by atoms with Gasteiger partial charge in [0.2, 0.25) is 0 Å². The largest absolute Gasteiger partial charge is 0.496 e. The Labute approximate surface area is 166 Å². The molecule has 4 rings (SSSR count). The lowest BCUT2D eigenvalue weighted by Crippen LogP contribution is -2.21. The maximum absolute atomic E-state index is 13.2. The first-order valence-corrected chi connectivity index (χ1v) is 9.59. The maximum Gasteiger partial charge on any atom is 0.263 e. The van der Waals surface area contributed by atoms with Gasteiger partial charge in [0.1, 0.15) is 10.6 Å². The minimum absolute atomic E-state index is 0.105. The zero-order valence-electron chi connectivity index (χ0n) is 15.5. The van der Waals surface area contributed by atoms with E-state index in [0.29, 0.717) is 16.7 Å². The summed E-state index contributed by atoms with van der Waals surface area (Å²) in [5.74, 6) is 0.634. The van der Waals surface area contributed by atoms with Gasteiger partial charge in [-0.15, -0.1) is 11.3 Å². The predicted octanol–water partition coefficient (Wildman–Crippen LogP) is 4.36. The number of hydrogen-bond donors (Lipinski definition) is 0. The molecule has 2 heterocycles. The average molecular weight is 387 g/mol. The highest BCUT2D eigenvalue weighted by Gasteiger charge is 2.14. The van der Waals surface area contributed by atoms with E-state index in [1.54, 1.807) is 36.2 Å². The van der Waals surface area contributed by atoms with Crippen LogP contribution in [-0.4, -0.2) is 16.7 Å². The molecule has 0 unspecified atom stereocenters. The first kappa shape index (κ1) is 18.0. The van der Waals surface area contributed by atoms with Gasteiger partial charge in [0.05, 0.1) is 37.0 Å². The van der Waals surface area contributed by atoms with Gasteiger partial charge in [0.15, 0.2) is 0 Å². The average Bonchev–Trinajstić information content (AvgIpc) is 3.15. The van der Waals surface area contributed by atoms with Gasteiger partial charge < -0.3 is 4.74 Å². The molecule has 0 amide bonds. The zero-order valence-corrected chi connectivity index (χ0v) is 16.3. The Balaban J connectivity index is 1.83. The Kier molecular flexibility index (Phi) is 4.68. The molecule has 0 aliphatic carbocycles. The van der Waals surface area contributed by atoms with E-state index >= 15 is 0 Å². The molecule has 2 aromatic heterocycles. The van der Waals surface area contributed by atoms with Crippen molar-refractivity contribution < 1.29 is 4.74 Å². The van der Waals surface area contributed by atoms with Gasteiger partial charge in [0.25, 0.3) is 5.56 Å². The van der Waals surface area contributed by atoms with E-state index in [-0.39, 0.29) is 12.1 Å². The van der Waals surface area contributed by atoms with Gasteiger partial charge >= 0.3 is 0 Å². The maximum atomic E-state index is 13.2. The summed E-state index contributed by atoms with van der Waals surface area (Å²) in [6.45, 7) is 2.32. The molecule has 0 saturated heterocycles. The number of hydrogen-bond acceptors (Lipinski definition) is 5. The van der Waals surface area contributed by atoms with Gasteiger partial charge in [-0.3, -0.25) is 9.36 Å². The van der Waals surface area contributed by atoms with Crippen LogP contribution in [0.4, 0.5) is 0 Å². The van der Waals surface area contributed by atoms with Gasteiger partial charge in [-0.25, -0.2) is 4.98 Å². The summed E-state index contributed by atoms with van der Waals surface area (Å²) in [5, 5.41) is 11.8. The fraction of sp³-hybridized carbons (Fsp3) is 0.136. The minimum Gasteiger partial charge on any atom is -0.496 e. The highest BCUT2D eigenvalue weighted by Crippen LogP contribution is 2.31. The van der Waals surface area contributed by atoms with Gasteiger partial charge in [-0.2, -0.15) is 5.26 Å². The van der Waals surface area contributed by atoms with Crippen LogP contribution >= 0.6 is 11.3 Å². The molecule has 138 valence electrons. The van der Waals surface area contributed by atoms with Crippen molar-refractivity contribution in [2.45, 2.75) is 13.5 Å². The van der Waals surface area contributed by atoms with Crippen molar-refractivity contribution in [2.24, 2.45) is 0 Å². The number of ether oxygens (including phenoxy) is 1. The fourth-order valence-electron chi connectivity index (χ4n) is 3.18. The number of methoxy groups -OCH3 is 1. The van der Waals surface area contributed by atoms with E-state index in [9.17, 15) is 10.1 Å². The normalized spacial score (nSPS) is 10.8. The first-order chi connectivity index (χ1) is 13.6. The molecule has 6 heteroatoms. The van der Waals surface area contributed by atoms with E-state index in [2.05, 4.69) is 11.1 Å². The number of aryl methyl sites for hydroxylation is 1. The van der Waals surface area contributed by atoms with Gasteiger partial charge in [-0.05, 0) is 30.7 Å². The van der Waals surface area contributed by atoms with Crippen LogP contribution in [0.1, 0.15) is 16.7 Å². The van der Waals surface area contributed by atoms with Gasteiger partial charge in [-0.1, -0.05) is 29.8 Å². The first-order valence-electron chi connectivity index (χ1n) is 8.71. The Morgan fingerprint density at radius 2 is 2.00 bits per heavy atom. The van der Waals surface area contributed by atoms with Gasteiger partial charge in [0, 0.05) is 16.5 Å².